The van der Waals surface area contributed by atoms with Crippen LogP contribution in [0.4, 0.5) is 0 Å². The van der Waals surface area contributed by atoms with Crippen molar-refractivity contribution < 1.29 is 0 Å². The second-order valence-corrected chi connectivity index (χ2v) is 4.57. The van der Waals surface area contributed by atoms with Crippen LogP contribution in [-0.2, 0) is 20.5 Å². The first-order valence-corrected chi connectivity index (χ1v) is 5.80. The molecule has 0 fully saturated rings. The molecule has 5 nitrogen and oxygen atoms in total. The summed E-state index contributed by atoms with van der Waals surface area (Å²) in [4.78, 5) is 0. The molecular weight excluding hydrogens is 238 g/mol. The number of hydrogen-bond acceptors (Lipinski definition) is 3. The van der Waals surface area contributed by atoms with Gasteiger partial charge in [0.2, 0.25) is 0 Å². The van der Waals surface area contributed by atoms with Crippen LogP contribution < -0.4 is 5.73 Å². The summed E-state index contributed by atoms with van der Waals surface area (Å²) in [5.74, 6) is 0. The van der Waals surface area contributed by atoms with E-state index < -0.39 is 0 Å². The minimum atomic E-state index is -0.163. The molecule has 0 radical (unpaired) electrons. The lowest BCUT2D eigenvalue weighted by Crippen LogP contribution is -2.16. The second kappa shape index (κ2) is 4.50. The largest absolute Gasteiger partial charge is 0.322 e. The summed E-state index contributed by atoms with van der Waals surface area (Å²) in [7, 11) is 3.75. The van der Waals surface area contributed by atoms with E-state index >= 15 is 0 Å². The van der Waals surface area contributed by atoms with Crippen molar-refractivity contribution in [1.82, 2.24) is 19.6 Å². The van der Waals surface area contributed by atoms with Crippen LogP contribution in [0.2, 0.25) is 5.02 Å². The van der Waals surface area contributed by atoms with Crippen molar-refractivity contribution in [2.45, 2.75) is 19.4 Å². The van der Waals surface area contributed by atoms with E-state index in [-0.39, 0.29) is 6.04 Å². The van der Waals surface area contributed by atoms with Gasteiger partial charge in [-0.3, -0.25) is 9.36 Å². The Morgan fingerprint density at radius 1 is 1.41 bits per heavy atom. The van der Waals surface area contributed by atoms with Crippen LogP contribution in [0.15, 0.2) is 12.3 Å². The molecule has 0 amide bonds. The van der Waals surface area contributed by atoms with Crippen molar-refractivity contribution in [2.24, 2.45) is 19.8 Å². The Bertz CT molecular complexity index is 528. The molecule has 2 rings (SSSR count). The third-order valence-electron chi connectivity index (χ3n) is 2.79. The van der Waals surface area contributed by atoms with E-state index in [1.54, 1.807) is 9.36 Å². The maximum atomic E-state index is 6.19. The van der Waals surface area contributed by atoms with Gasteiger partial charge in [-0.25, -0.2) is 0 Å². The summed E-state index contributed by atoms with van der Waals surface area (Å²) in [5.41, 5.74) is 8.75. The highest BCUT2D eigenvalue weighted by atomic mass is 35.5. The SMILES string of the molecule is Cc1nn(C)c(CC(N)c2ccn(C)n2)c1Cl. The second-order valence-electron chi connectivity index (χ2n) is 4.19. The molecule has 6 heteroatoms. The molecule has 92 valence electrons. The lowest BCUT2D eigenvalue weighted by atomic mass is 10.1. The topological polar surface area (TPSA) is 61.7 Å². The van der Waals surface area contributed by atoms with Crippen molar-refractivity contribution in [2.75, 3.05) is 0 Å². The van der Waals surface area contributed by atoms with Crippen LogP contribution >= 0.6 is 11.6 Å². The molecule has 0 aliphatic rings. The Balaban J connectivity index is 2.21. The van der Waals surface area contributed by atoms with Crippen LogP contribution in [0.3, 0.4) is 0 Å². The Morgan fingerprint density at radius 2 is 2.12 bits per heavy atom. The lowest BCUT2D eigenvalue weighted by Gasteiger charge is -2.09. The fourth-order valence-corrected chi connectivity index (χ4v) is 2.08. The Kier molecular flexibility index (Phi) is 3.22. The third-order valence-corrected chi connectivity index (χ3v) is 3.28. The van der Waals surface area contributed by atoms with E-state index in [2.05, 4.69) is 10.2 Å². The zero-order valence-corrected chi connectivity index (χ0v) is 10.9. The molecule has 0 aliphatic heterocycles. The minimum Gasteiger partial charge on any atom is -0.322 e. The number of nitrogens with zero attached hydrogens (tertiary/aromatic N) is 4. The van der Waals surface area contributed by atoms with Crippen LogP contribution in [0.5, 0.6) is 0 Å². The molecule has 2 heterocycles. The predicted molar refractivity (Wildman–Crippen MR) is 66.8 cm³/mol. The molecule has 2 aromatic rings. The van der Waals surface area contributed by atoms with Gasteiger partial charge >= 0.3 is 0 Å². The number of hydrogen-bond donors (Lipinski definition) is 1. The van der Waals surface area contributed by atoms with Gasteiger partial charge in [0.05, 0.1) is 28.1 Å². The van der Waals surface area contributed by atoms with Crippen LogP contribution in [-0.4, -0.2) is 19.6 Å². The van der Waals surface area contributed by atoms with E-state index in [0.29, 0.717) is 11.4 Å². The van der Waals surface area contributed by atoms with Gasteiger partial charge in [0.1, 0.15) is 0 Å². The fraction of sp³-hybridized carbons (Fsp3) is 0.455. The van der Waals surface area contributed by atoms with Crippen LogP contribution in [0, 0.1) is 6.92 Å². The summed E-state index contributed by atoms with van der Waals surface area (Å²) in [6.45, 7) is 1.89. The number of rotatable bonds is 3. The molecule has 0 bridgehead atoms. The highest BCUT2D eigenvalue weighted by Gasteiger charge is 2.17. The molecule has 2 aromatic heterocycles. The third kappa shape index (κ3) is 2.35. The highest BCUT2D eigenvalue weighted by Crippen LogP contribution is 2.23. The van der Waals surface area contributed by atoms with E-state index in [1.165, 1.54) is 0 Å². The number of aromatic nitrogens is 4. The van der Waals surface area contributed by atoms with Gasteiger partial charge in [-0.1, -0.05) is 11.6 Å². The smallest absolute Gasteiger partial charge is 0.0847 e. The maximum Gasteiger partial charge on any atom is 0.0847 e. The van der Waals surface area contributed by atoms with Gasteiger partial charge in [0, 0.05) is 26.7 Å². The first kappa shape index (κ1) is 12.1. The summed E-state index contributed by atoms with van der Waals surface area (Å²) in [5, 5.41) is 9.25. The lowest BCUT2D eigenvalue weighted by molar-refractivity contribution is 0.614. The van der Waals surface area contributed by atoms with E-state index in [9.17, 15) is 0 Å². The molecule has 1 atom stereocenters. The number of halogens is 1. The predicted octanol–water partition coefficient (Wildman–Crippen LogP) is 1.36. The van der Waals surface area contributed by atoms with E-state index in [1.807, 2.05) is 33.3 Å². The quantitative estimate of drug-likeness (QED) is 0.899. The summed E-state index contributed by atoms with van der Waals surface area (Å²) in [6, 6.07) is 1.76. The van der Waals surface area contributed by atoms with Crippen molar-refractivity contribution in [3.63, 3.8) is 0 Å². The summed E-state index contributed by atoms with van der Waals surface area (Å²) < 4.78 is 3.52. The molecule has 1 unspecified atom stereocenters. The normalized spacial score (nSPS) is 13.0. The molecule has 0 saturated heterocycles. The fourth-order valence-electron chi connectivity index (χ4n) is 1.85. The van der Waals surface area contributed by atoms with Crippen molar-refractivity contribution in [3.05, 3.63) is 34.4 Å². The van der Waals surface area contributed by atoms with Crippen molar-refractivity contribution >= 4 is 11.6 Å². The summed E-state index contributed by atoms with van der Waals surface area (Å²) in [6.07, 6.45) is 2.51. The van der Waals surface area contributed by atoms with Gasteiger partial charge in [-0.15, -0.1) is 0 Å². The zero-order chi connectivity index (χ0) is 12.6. The molecule has 0 aliphatic carbocycles. The number of aryl methyl sites for hydroxylation is 3. The van der Waals surface area contributed by atoms with Crippen LogP contribution in [0.1, 0.15) is 23.1 Å². The van der Waals surface area contributed by atoms with E-state index in [4.69, 9.17) is 17.3 Å². The Hall–Kier alpha value is -1.33. The van der Waals surface area contributed by atoms with Gasteiger partial charge in [0.25, 0.3) is 0 Å². The summed E-state index contributed by atoms with van der Waals surface area (Å²) >= 11 is 6.19. The Morgan fingerprint density at radius 3 is 2.59 bits per heavy atom. The zero-order valence-electron chi connectivity index (χ0n) is 10.2. The maximum absolute atomic E-state index is 6.19. The monoisotopic (exact) mass is 253 g/mol. The van der Waals surface area contributed by atoms with Gasteiger partial charge in [-0.05, 0) is 13.0 Å². The van der Waals surface area contributed by atoms with Crippen molar-refractivity contribution in [3.8, 4) is 0 Å². The molecule has 0 saturated carbocycles. The number of nitrogens with two attached hydrogens (primary N) is 1. The first-order valence-electron chi connectivity index (χ1n) is 5.42. The molecule has 0 spiro atoms. The molecule has 0 aromatic carbocycles. The minimum absolute atomic E-state index is 0.163. The average Bonchev–Trinajstić information content (AvgIpc) is 2.79. The van der Waals surface area contributed by atoms with Crippen LogP contribution in [0.25, 0.3) is 0 Å². The molecule has 2 N–H and O–H groups in total. The van der Waals surface area contributed by atoms with Gasteiger partial charge < -0.3 is 5.73 Å². The standard InChI is InChI=1S/C11H16ClN5/c1-7-11(12)10(17(3)14-7)6-8(13)9-4-5-16(2)15-9/h4-5,8H,6,13H2,1-3H3. The Labute approximate surface area is 105 Å². The molecule has 17 heavy (non-hydrogen) atoms. The van der Waals surface area contributed by atoms with E-state index in [0.717, 1.165) is 17.1 Å². The van der Waals surface area contributed by atoms with Gasteiger partial charge in [0.15, 0.2) is 0 Å². The van der Waals surface area contributed by atoms with Crippen molar-refractivity contribution in [1.29, 1.82) is 0 Å². The molecular formula is C11H16ClN5. The van der Waals surface area contributed by atoms with Gasteiger partial charge in [-0.2, -0.15) is 10.2 Å². The first-order chi connectivity index (χ1) is 7.99. The average molecular weight is 254 g/mol. The highest BCUT2D eigenvalue weighted by molar-refractivity contribution is 6.31.